The first-order valence-electron chi connectivity index (χ1n) is 16.2. The van der Waals surface area contributed by atoms with Crippen LogP contribution in [0.2, 0.25) is 0 Å². The Morgan fingerprint density at radius 2 is 1.35 bits per heavy atom. The summed E-state index contributed by atoms with van der Waals surface area (Å²) in [7, 11) is 1.59. The summed E-state index contributed by atoms with van der Waals surface area (Å²) in [4.78, 5) is 48.1. The van der Waals surface area contributed by atoms with Gasteiger partial charge in [-0.25, -0.2) is 9.97 Å². The fourth-order valence-corrected chi connectivity index (χ4v) is 6.02. The first-order valence-corrected chi connectivity index (χ1v) is 16.2. The lowest BCUT2D eigenvalue weighted by Gasteiger charge is -2.13. The number of imidazole rings is 2. The molecule has 0 radical (unpaired) electrons. The molecule has 2 aromatic carbocycles. The Kier molecular flexibility index (Phi) is 9.16. The number of nitrogens with two attached hydrogens (primary N) is 1. The smallest absolute Gasteiger partial charge is 0.276 e. The third-order valence-electron chi connectivity index (χ3n) is 8.33. The maximum Gasteiger partial charge on any atom is 0.276 e. The van der Waals surface area contributed by atoms with Crippen molar-refractivity contribution in [1.82, 2.24) is 38.7 Å². The Morgan fingerprint density at radius 3 is 1.90 bits per heavy atom. The minimum atomic E-state index is -0.564. The second kappa shape index (κ2) is 13.6. The largest absolute Gasteiger partial charge is 0.494 e. The van der Waals surface area contributed by atoms with Crippen molar-refractivity contribution in [2.75, 3.05) is 17.7 Å². The summed E-state index contributed by atoms with van der Waals surface area (Å²) in [5, 5.41) is 14.7. The predicted molar refractivity (Wildman–Crippen MR) is 185 cm³/mol. The highest BCUT2D eigenvalue weighted by Gasteiger charge is 2.21. The number of para-hydroxylation sites is 1. The molecule has 0 aliphatic heterocycles. The zero-order chi connectivity index (χ0) is 34.8. The molecule has 15 heteroatoms. The second-order valence-electron chi connectivity index (χ2n) is 11.7. The number of methoxy groups -OCH3 is 1. The van der Waals surface area contributed by atoms with Gasteiger partial charge in [-0.05, 0) is 83.0 Å². The highest BCUT2D eigenvalue weighted by atomic mass is 16.5. The topological polar surface area (TPSA) is 182 Å². The molecule has 15 nitrogen and oxygen atoms in total. The van der Waals surface area contributed by atoms with Gasteiger partial charge >= 0.3 is 0 Å². The van der Waals surface area contributed by atoms with E-state index < -0.39 is 5.91 Å². The molecule has 6 rings (SSSR count). The summed E-state index contributed by atoms with van der Waals surface area (Å²) < 4.78 is 12.8. The summed E-state index contributed by atoms with van der Waals surface area (Å²) in [6.45, 7) is 9.65. The van der Waals surface area contributed by atoms with Crippen LogP contribution in [0.5, 0.6) is 5.75 Å². The van der Waals surface area contributed by atoms with Gasteiger partial charge in [0.05, 0.1) is 35.0 Å². The fourth-order valence-electron chi connectivity index (χ4n) is 6.02. The Labute approximate surface area is 282 Å². The molecule has 6 aromatic rings. The van der Waals surface area contributed by atoms with E-state index in [0.29, 0.717) is 84.7 Å². The first-order chi connectivity index (χ1) is 23.6. The van der Waals surface area contributed by atoms with E-state index in [4.69, 9.17) is 15.5 Å². The van der Waals surface area contributed by atoms with Gasteiger partial charge in [0.25, 0.3) is 11.8 Å². The Hall–Kier alpha value is -5.99. The lowest BCUT2D eigenvalue weighted by molar-refractivity contribution is 0.0995. The van der Waals surface area contributed by atoms with Gasteiger partial charge in [-0.1, -0.05) is 6.07 Å². The standard InChI is InChI=1S/C34H39N11O4/c1-6-44-26(17-20(3)40-44)31(47)38-33-36-23-19-22(30(35)46)13-14-24(23)42(33)15-8-9-16-43-25-11-10-12-28(49-5)29(25)37-34(43)39-32(48)27-18-21(4)41-45(27)7-2/h10-14,17-19H,6-9,15-16H2,1-5H3,(H2,35,46)(H,36,38,47)(H,37,39,48). The maximum absolute atomic E-state index is 13.4. The van der Waals surface area contributed by atoms with Crippen molar-refractivity contribution in [3.63, 3.8) is 0 Å². The van der Waals surface area contributed by atoms with Crippen LogP contribution in [-0.4, -0.2) is 63.5 Å². The average Bonchev–Trinajstić information content (AvgIpc) is 3.85. The Bertz CT molecular complexity index is 2200. The van der Waals surface area contributed by atoms with Crippen molar-refractivity contribution in [2.24, 2.45) is 5.73 Å². The molecule has 0 unspecified atom stereocenters. The fraction of sp³-hybridized carbons (Fsp3) is 0.324. The molecular weight excluding hydrogens is 626 g/mol. The van der Waals surface area contributed by atoms with Crippen molar-refractivity contribution in [1.29, 1.82) is 0 Å². The quantitative estimate of drug-likeness (QED) is 0.150. The number of primary amides is 1. The van der Waals surface area contributed by atoms with Gasteiger partial charge in [0, 0.05) is 31.7 Å². The number of hydrogen-bond acceptors (Lipinski definition) is 8. The zero-order valence-corrected chi connectivity index (χ0v) is 28.1. The maximum atomic E-state index is 13.4. The van der Waals surface area contributed by atoms with E-state index in [1.54, 1.807) is 46.8 Å². The molecule has 0 saturated carbocycles. The van der Waals surface area contributed by atoms with Crippen LogP contribution < -0.4 is 21.1 Å². The summed E-state index contributed by atoms with van der Waals surface area (Å²) in [5.41, 5.74) is 10.9. The van der Waals surface area contributed by atoms with Crippen molar-refractivity contribution < 1.29 is 19.1 Å². The monoisotopic (exact) mass is 665 g/mol. The van der Waals surface area contributed by atoms with Crippen molar-refractivity contribution in [2.45, 2.75) is 66.7 Å². The predicted octanol–water partition coefficient (Wildman–Crippen LogP) is 4.53. The number of rotatable bonds is 13. The summed E-state index contributed by atoms with van der Waals surface area (Å²) in [6.07, 6.45) is 1.36. The third-order valence-corrected chi connectivity index (χ3v) is 8.33. The summed E-state index contributed by atoms with van der Waals surface area (Å²) in [5.74, 6) is 0.129. The molecule has 4 N–H and O–H groups in total. The number of carbonyl (C=O) groups excluding carboxylic acids is 3. The third kappa shape index (κ3) is 6.46. The van der Waals surface area contributed by atoms with Crippen molar-refractivity contribution in [3.8, 4) is 5.75 Å². The van der Waals surface area contributed by atoms with Crippen LogP contribution in [0.25, 0.3) is 22.1 Å². The number of anilines is 2. The number of aryl methyl sites for hydroxylation is 6. The van der Waals surface area contributed by atoms with Gasteiger partial charge in [-0.3, -0.25) is 34.4 Å². The van der Waals surface area contributed by atoms with Gasteiger partial charge in [0.1, 0.15) is 22.7 Å². The van der Waals surface area contributed by atoms with Crippen LogP contribution in [0.1, 0.15) is 69.4 Å². The Balaban J connectivity index is 1.26. The van der Waals surface area contributed by atoms with E-state index in [1.165, 1.54) is 0 Å². The van der Waals surface area contributed by atoms with E-state index in [1.807, 2.05) is 55.0 Å². The number of carbonyl (C=O) groups is 3. The number of nitrogens with zero attached hydrogens (tertiary/aromatic N) is 8. The van der Waals surface area contributed by atoms with Gasteiger partial charge in [-0.15, -0.1) is 0 Å². The summed E-state index contributed by atoms with van der Waals surface area (Å²) in [6, 6.07) is 14.2. The van der Waals surface area contributed by atoms with Crippen LogP contribution in [0.15, 0.2) is 48.5 Å². The molecule has 4 heterocycles. The number of amides is 3. The lowest BCUT2D eigenvalue weighted by atomic mass is 10.2. The van der Waals surface area contributed by atoms with Crippen LogP contribution >= 0.6 is 0 Å². The molecule has 254 valence electrons. The molecule has 0 bridgehead atoms. The molecule has 4 aromatic heterocycles. The molecule has 0 saturated heterocycles. The Morgan fingerprint density at radius 1 is 0.776 bits per heavy atom. The molecule has 49 heavy (non-hydrogen) atoms. The molecule has 0 aliphatic carbocycles. The molecular formula is C34H39N11O4. The van der Waals surface area contributed by atoms with Crippen LogP contribution in [0, 0.1) is 13.8 Å². The van der Waals surface area contributed by atoms with Crippen molar-refractivity contribution in [3.05, 3.63) is 76.9 Å². The van der Waals surface area contributed by atoms with E-state index in [9.17, 15) is 14.4 Å². The molecule has 0 aliphatic rings. The van der Waals surface area contributed by atoms with E-state index >= 15 is 0 Å². The van der Waals surface area contributed by atoms with Crippen LogP contribution in [0.3, 0.4) is 0 Å². The van der Waals surface area contributed by atoms with Gasteiger partial charge in [0.2, 0.25) is 17.8 Å². The second-order valence-corrected chi connectivity index (χ2v) is 11.7. The normalized spacial score (nSPS) is 11.4. The van der Waals surface area contributed by atoms with E-state index in [0.717, 1.165) is 22.4 Å². The van der Waals surface area contributed by atoms with E-state index in [-0.39, 0.29) is 11.8 Å². The minimum absolute atomic E-state index is 0.307. The first kappa shape index (κ1) is 32.9. The van der Waals surface area contributed by atoms with E-state index in [2.05, 4.69) is 25.8 Å². The minimum Gasteiger partial charge on any atom is -0.494 e. The molecule has 3 amide bonds. The molecule has 0 atom stereocenters. The highest BCUT2D eigenvalue weighted by Crippen LogP contribution is 2.29. The lowest BCUT2D eigenvalue weighted by Crippen LogP contribution is -2.20. The average molecular weight is 666 g/mol. The summed E-state index contributed by atoms with van der Waals surface area (Å²) >= 11 is 0. The number of aromatic nitrogens is 8. The molecule has 0 fully saturated rings. The SMILES string of the molecule is CCn1nc(C)cc1C(=O)Nc1nc2cc(C(N)=O)ccc2n1CCCCn1c(NC(=O)c2cc(C)nn2CC)nc2c(OC)cccc21. The van der Waals surface area contributed by atoms with Crippen molar-refractivity contribution >= 4 is 51.7 Å². The van der Waals surface area contributed by atoms with Crippen LogP contribution in [-0.2, 0) is 26.2 Å². The van der Waals surface area contributed by atoms with Crippen LogP contribution in [0.4, 0.5) is 11.9 Å². The number of hydrogen-bond donors (Lipinski definition) is 3. The number of nitrogens with one attached hydrogen (secondary N) is 2. The van der Waals surface area contributed by atoms with Gasteiger partial charge in [0.15, 0.2) is 0 Å². The zero-order valence-electron chi connectivity index (χ0n) is 28.1. The van der Waals surface area contributed by atoms with Gasteiger partial charge < -0.3 is 19.6 Å². The van der Waals surface area contributed by atoms with Gasteiger partial charge in [-0.2, -0.15) is 10.2 Å². The number of fused-ring (bicyclic) bond motifs is 2. The number of benzene rings is 2. The number of ether oxygens (including phenoxy) is 1. The molecule has 0 spiro atoms. The highest BCUT2D eigenvalue weighted by molar-refractivity contribution is 6.04. The number of unbranched alkanes of at least 4 members (excludes halogenated alkanes) is 1.